The molecule has 1 amide bonds. The van der Waals surface area contributed by atoms with Crippen molar-refractivity contribution in [2.24, 2.45) is 5.92 Å². The first-order chi connectivity index (χ1) is 7.76. The number of hydrogen-bond acceptors (Lipinski definition) is 3. The summed E-state index contributed by atoms with van der Waals surface area (Å²) in [5.41, 5.74) is 1.08. The summed E-state index contributed by atoms with van der Waals surface area (Å²) in [6.45, 7) is 2.69. The summed E-state index contributed by atoms with van der Waals surface area (Å²) in [5.74, 6) is 0.873. The number of nitrogens with zero attached hydrogens (tertiary/aromatic N) is 2. The Morgan fingerprint density at radius 2 is 2.44 bits per heavy atom. The number of aromatic nitrogens is 1. The van der Waals surface area contributed by atoms with Crippen LogP contribution in [0.4, 0.5) is 5.82 Å². The average Bonchev–Trinajstić information content (AvgIpc) is 2.70. The van der Waals surface area contributed by atoms with Gasteiger partial charge in [-0.2, -0.15) is 0 Å². The van der Waals surface area contributed by atoms with E-state index in [1.165, 1.54) is 0 Å². The summed E-state index contributed by atoms with van der Waals surface area (Å²) in [6, 6.07) is 3.87. The quantitative estimate of drug-likeness (QED) is 0.826. The van der Waals surface area contributed by atoms with Gasteiger partial charge in [0.25, 0.3) is 0 Å². The minimum Gasteiger partial charge on any atom is -0.396 e. The van der Waals surface area contributed by atoms with E-state index < -0.39 is 0 Å². The Kier molecular flexibility index (Phi) is 3.19. The van der Waals surface area contributed by atoms with Gasteiger partial charge in [0.2, 0.25) is 5.91 Å². The molecule has 86 valence electrons. The van der Waals surface area contributed by atoms with Crippen LogP contribution < -0.4 is 4.90 Å². The molecule has 1 aliphatic heterocycles. The SMILES string of the molecule is CCc1cccnc1N1CC(CO)CC1=O. The van der Waals surface area contributed by atoms with Gasteiger partial charge in [0.1, 0.15) is 5.82 Å². The van der Waals surface area contributed by atoms with Gasteiger partial charge in [-0.15, -0.1) is 0 Å². The van der Waals surface area contributed by atoms with Crippen molar-refractivity contribution in [2.45, 2.75) is 19.8 Å². The number of carbonyl (C=O) groups is 1. The van der Waals surface area contributed by atoms with E-state index in [0.717, 1.165) is 17.8 Å². The molecule has 2 heterocycles. The molecule has 1 N–H and O–H groups in total. The molecule has 16 heavy (non-hydrogen) atoms. The Bertz CT molecular complexity index is 392. The smallest absolute Gasteiger partial charge is 0.228 e. The van der Waals surface area contributed by atoms with Crippen LogP contribution in [-0.4, -0.2) is 29.1 Å². The lowest BCUT2D eigenvalue weighted by atomic mass is 10.1. The number of hydrogen-bond donors (Lipinski definition) is 1. The molecule has 1 unspecified atom stereocenters. The molecule has 0 bridgehead atoms. The van der Waals surface area contributed by atoms with Crippen molar-refractivity contribution in [3.8, 4) is 0 Å². The van der Waals surface area contributed by atoms with Crippen LogP contribution in [0.5, 0.6) is 0 Å². The molecule has 0 spiro atoms. The lowest BCUT2D eigenvalue weighted by Gasteiger charge is -2.18. The Labute approximate surface area is 94.9 Å². The molecule has 4 nitrogen and oxygen atoms in total. The summed E-state index contributed by atoms with van der Waals surface area (Å²) in [6.07, 6.45) is 2.99. The highest BCUT2D eigenvalue weighted by molar-refractivity contribution is 5.95. The van der Waals surface area contributed by atoms with Crippen LogP contribution >= 0.6 is 0 Å². The number of aryl methyl sites for hydroxylation is 1. The number of amides is 1. The maximum Gasteiger partial charge on any atom is 0.228 e. The minimum atomic E-state index is 0.0548. The topological polar surface area (TPSA) is 53.4 Å². The Hall–Kier alpha value is -1.42. The van der Waals surface area contributed by atoms with E-state index in [0.29, 0.717) is 13.0 Å². The minimum absolute atomic E-state index is 0.0548. The molecule has 1 aromatic heterocycles. The standard InChI is InChI=1S/C12H16N2O2/c1-2-10-4-3-5-13-12(10)14-7-9(8-15)6-11(14)16/h3-5,9,15H,2,6-8H2,1H3. The lowest BCUT2D eigenvalue weighted by Crippen LogP contribution is -2.27. The van der Waals surface area contributed by atoms with E-state index in [1.54, 1.807) is 11.1 Å². The van der Waals surface area contributed by atoms with Gasteiger partial charge >= 0.3 is 0 Å². The number of anilines is 1. The van der Waals surface area contributed by atoms with Crippen molar-refractivity contribution >= 4 is 11.7 Å². The van der Waals surface area contributed by atoms with Crippen LogP contribution in [0, 0.1) is 5.92 Å². The van der Waals surface area contributed by atoms with Crippen LogP contribution in [0.25, 0.3) is 0 Å². The van der Waals surface area contributed by atoms with Gasteiger partial charge in [0, 0.05) is 31.7 Å². The predicted molar refractivity (Wildman–Crippen MR) is 61.2 cm³/mol. The Balaban J connectivity index is 2.27. The van der Waals surface area contributed by atoms with Crippen LogP contribution in [0.15, 0.2) is 18.3 Å². The van der Waals surface area contributed by atoms with Gasteiger partial charge in [-0.1, -0.05) is 13.0 Å². The van der Waals surface area contributed by atoms with Crippen molar-refractivity contribution in [1.82, 2.24) is 4.98 Å². The molecular weight excluding hydrogens is 204 g/mol. The fraction of sp³-hybridized carbons (Fsp3) is 0.500. The van der Waals surface area contributed by atoms with Gasteiger partial charge in [0.05, 0.1) is 0 Å². The first kappa shape index (κ1) is 11.1. The fourth-order valence-electron chi connectivity index (χ4n) is 2.06. The van der Waals surface area contributed by atoms with Crippen molar-refractivity contribution in [1.29, 1.82) is 0 Å². The van der Waals surface area contributed by atoms with E-state index in [4.69, 9.17) is 5.11 Å². The molecule has 0 radical (unpaired) electrons. The highest BCUT2D eigenvalue weighted by Gasteiger charge is 2.31. The third-order valence-corrected chi connectivity index (χ3v) is 2.97. The van der Waals surface area contributed by atoms with Gasteiger partial charge in [-0.3, -0.25) is 9.69 Å². The summed E-state index contributed by atoms with van der Waals surface area (Å²) in [5, 5.41) is 9.08. The first-order valence-corrected chi connectivity index (χ1v) is 5.61. The molecule has 1 saturated heterocycles. The second-order valence-electron chi connectivity index (χ2n) is 4.10. The molecular formula is C12H16N2O2. The number of aliphatic hydroxyl groups excluding tert-OH is 1. The van der Waals surface area contributed by atoms with E-state index in [2.05, 4.69) is 4.98 Å². The van der Waals surface area contributed by atoms with E-state index in [1.807, 2.05) is 19.1 Å². The van der Waals surface area contributed by atoms with Crippen molar-refractivity contribution in [2.75, 3.05) is 18.1 Å². The highest BCUT2D eigenvalue weighted by Crippen LogP contribution is 2.26. The van der Waals surface area contributed by atoms with Crippen LogP contribution in [0.2, 0.25) is 0 Å². The number of aliphatic hydroxyl groups is 1. The van der Waals surface area contributed by atoms with Gasteiger partial charge in [-0.05, 0) is 18.1 Å². The van der Waals surface area contributed by atoms with E-state index in [-0.39, 0.29) is 18.4 Å². The van der Waals surface area contributed by atoms with Crippen LogP contribution in [0.1, 0.15) is 18.9 Å². The zero-order chi connectivity index (χ0) is 11.5. The molecule has 4 heteroatoms. The molecule has 1 aromatic rings. The lowest BCUT2D eigenvalue weighted by molar-refractivity contribution is -0.117. The average molecular weight is 220 g/mol. The second kappa shape index (κ2) is 4.61. The summed E-state index contributed by atoms with van der Waals surface area (Å²) >= 11 is 0. The maximum absolute atomic E-state index is 11.8. The molecule has 0 saturated carbocycles. The zero-order valence-electron chi connectivity index (χ0n) is 9.39. The normalized spacial score (nSPS) is 20.5. The molecule has 1 fully saturated rings. The molecule has 1 atom stereocenters. The summed E-state index contributed by atoms with van der Waals surface area (Å²) < 4.78 is 0. The maximum atomic E-state index is 11.8. The predicted octanol–water partition coefficient (Wildman–Crippen LogP) is 0.989. The largest absolute Gasteiger partial charge is 0.396 e. The molecule has 1 aliphatic rings. The van der Waals surface area contributed by atoms with Crippen molar-refractivity contribution in [3.63, 3.8) is 0 Å². The van der Waals surface area contributed by atoms with Crippen LogP contribution in [-0.2, 0) is 11.2 Å². The monoisotopic (exact) mass is 220 g/mol. The zero-order valence-corrected chi connectivity index (χ0v) is 9.39. The second-order valence-corrected chi connectivity index (χ2v) is 4.10. The van der Waals surface area contributed by atoms with Gasteiger partial charge < -0.3 is 5.11 Å². The van der Waals surface area contributed by atoms with Crippen molar-refractivity contribution in [3.05, 3.63) is 23.9 Å². The number of rotatable bonds is 3. The van der Waals surface area contributed by atoms with E-state index in [9.17, 15) is 4.79 Å². The third-order valence-electron chi connectivity index (χ3n) is 2.97. The van der Waals surface area contributed by atoms with Gasteiger partial charge in [-0.25, -0.2) is 4.98 Å². The molecule has 0 aliphatic carbocycles. The third kappa shape index (κ3) is 1.93. The van der Waals surface area contributed by atoms with Gasteiger partial charge in [0.15, 0.2) is 0 Å². The molecule has 2 rings (SSSR count). The molecule has 0 aromatic carbocycles. The van der Waals surface area contributed by atoms with Crippen LogP contribution in [0.3, 0.4) is 0 Å². The highest BCUT2D eigenvalue weighted by atomic mass is 16.3. The number of pyridine rings is 1. The van der Waals surface area contributed by atoms with Crippen molar-refractivity contribution < 1.29 is 9.90 Å². The Morgan fingerprint density at radius 1 is 1.62 bits per heavy atom. The first-order valence-electron chi connectivity index (χ1n) is 5.61. The fourth-order valence-corrected chi connectivity index (χ4v) is 2.06. The number of carbonyl (C=O) groups excluding carboxylic acids is 1. The summed E-state index contributed by atoms with van der Waals surface area (Å²) in [4.78, 5) is 17.8. The Morgan fingerprint density at radius 3 is 3.06 bits per heavy atom. The van der Waals surface area contributed by atoms with E-state index >= 15 is 0 Å². The summed E-state index contributed by atoms with van der Waals surface area (Å²) in [7, 11) is 0.